The standard InChI is InChI=1S/C15H16N2O5/c1-17(14(18)8-12-6-7-22-16-12)9-11-2-4-13(5-3-11)21-10-15(19)20/h2-7H,8-10H2,1H3,(H,19,20). The maximum atomic E-state index is 12.0. The zero-order valence-corrected chi connectivity index (χ0v) is 12.1. The molecule has 0 radical (unpaired) electrons. The fraction of sp³-hybridized carbons (Fsp3) is 0.267. The fourth-order valence-electron chi connectivity index (χ4n) is 1.82. The lowest BCUT2D eigenvalue weighted by molar-refractivity contribution is -0.139. The highest BCUT2D eigenvalue weighted by Gasteiger charge is 2.12. The van der Waals surface area contributed by atoms with Crippen molar-refractivity contribution in [2.45, 2.75) is 13.0 Å². The fourth-order valence-corrected chi connectivity index (χ4v) is 1.82. The minimum absolute atomic E-state index is 0.0693. The second kappa shape index (κ2) is 7.26. The zero-order valence-electron chi connectivity index (χ0n) is 12.1. The molecule has 0 aliphatic heterocycles. The molecule has 0 spiro atoms. The van der Waals surface area contributed by atoms with E-state index >= 15 is 0 Å². The van der Waals surface area contributed by atoms with Gasteiger partial charge in [-0.15, -0.1) is 0 Å². The second-order valence-corrected chi connectivity index (χ2v) is 4.74. The van der Waals surface area contributed by atoms with Crippen LogP contribution >= 0.6 is 0 Å². The summed E-state index contributed by atoms with van der Waals surface area (Å²) in [7, 11) is 1.71. The van der Waals surface area contributed by atoms with Crippen molar-refractivity contribution in [2.75, 3.05) is 13.7 Å². The van der Waals surface area contributed by atoms with Crippen LogP contribution in [-0.2, 0) is 22.6 Å². The van der Waals surface area contributed by atoms with Gasteiger partial charge in [0.25, 0.3) is 0 Å². The van der Waals surface area contributed by atoms with Crippen LogP contribution in [0, 0.1) is 0 Å². The van der Waals surface area contributed by atoms with Gasteiger partial charge in [0.15, 0.2) is 6.61 Å². The lowest BCUT2D eigenvalue weighted by Crippen LogP contribution is -2.27. The number of likely N-dealkylation sites (N-methyl/N-ethyl adjacent to an activating group) is 1. The van der Waals surface area contributed by atoms with Gasteiger partial charge < -0.3 is 19.3 Å². The van der Waals surface area contributed by atoms with Crippen molar-refractivity contribution in [2.24, 2.45) is 0 Å². The third-order valence-corrected chi connectivity index (χ3v) is 2.95. The lowest BCUT2D eigenvalue weighted by Gasteiger charge is -2.16. The molecule has 0 aliphatic rings. The average Bonchev–Trinajstić information content (AvgIpc) is 2.99. The van der Waals surface area contributed by atoms with Crippen LogP contribution in [0.15, 0.2) is 41.1 Å². The molecule has 0 atom stereocenters. The van der Waals surface area contributed by atoms with Crippen LogP contribution in [-0.4, -0.2) is 40.7 Å². The summed E-state index contributed by atoms with van der Waals surface area (Å²) in [5, 5.41) is 12.2. The van der Waals surface area contributed by atoms with E-state index in [1.165, 1.54) is 6.26 Å². The molecule has 116 valence electrons. The summed E-state index contributed by atoms with van der Waals surface area (Å²) in [6, 6.07) is 8.58. The van der Waals surface area contributed by atoms with Crippen LogP contribution in [0.1, 0.15) is 11.3 Å². The number of benzene rings is 1. The third kappa shape index (κ3) is 4.62. The van der Waals surface area contributed by atoms with Crippen molar-refractivity contribution in [1.29, 1.82) is 0 Å². The van der Waals surface area contributed by atoms with E-state index in [1.54, 1.807) is 42.3 Å². The Labute approximate surface area is 127 Å². The molecule has 1 heterocycles. The molecule has 1 amide bonds. The van der Waals surface area contributed by atoms with Crippen molar-refractivity contribution >= 4 is 11.9 Å². The van der Waals surface area contributed by atoms with Gasteiger partial charge >= 0.3 is 5.97 Å². The van der Waals surface area contributed by atoms with E-state index in [0.717, 1.165) is 5.56 Å². The maximum absolute atomic E-state index is 12.0. The van der Waals surface area contributed by atoms with Crippen molar-refractivity contribution < 1.29 is 24.0 Å². The van der Waals surface area contributed by atoms with E-state index < -0.39 is 5.97 Å². The van der Waals surface area contributed by atoms with Crippen LogP contribution in [0.5, 0.6) is 5.75 Å². The molecule has 0 fully saturated rings. The van der Waals surface area contributed by atoms with Gasteiger partial charge in [0, 0.05) is 19.7 Å². The van der Waals surface area contributed by atoms with Gasteiger partial charge in [-0.1, -0.05) is 17.3 Å². The number of carbonyl (C=O) groups excluding carboxylic acids is 1. The van der Waals surface area contributed by atoms with E-state index in [-0.39, 0.29) is 18.9 Å². The second-order valence-electron chi connectivity index (χ2n) is 4.74. The number of hydrogen-bond acceptors (Lipinski definition) is 5. The van der Waals surface area contributed by atoms with E-state index in [0.29, 0.717) is 18.0 Å². The van der Waals surface area contributed by atoms with Crippen molar-refractivity contribution in [3.05, 3.63) is 47.9 Å². The number of ether oxygens (including phenoxy) is 1. The van der Waals surface area contributed by atoms with E-state index in [4.69, 9.17) is 9.84 Å². The molecule has 1 aromatic carbocycles. The van der Waals surface area contributed by atoms with Gasteiger partial charge in [-0.25, -0.2) is 4.79 Å². The summed E-state index contributed by atoms with van der Waals surface area (Å²) in [4.78, 5) is 24.0. The number of aliphatic carboxylic acids is 1. The zero-order chi connectivity index (χ0) is 15.9. The largest absolute Gasteiger partial charge is 0.482 e. The quantitative estimate of drug-likeness (QED) is 0.829. The molecular weight excluding hydrogens is 288 g/mol. The molecule has 2 rings (SSSR count). The average molecular weight is 304 g/mol. The Hall–Kier alpha value is -2.83. The predicted molar refractivity (Wildman–Crippen MR) is 76.3 cm³/mol. The van der Waals surface area contributed by atoms with Crippen LogP contribution in [0.2, 0.25) is 0 Å². The van der Waals surface area contributed by atoms with Gasteiger partial charge in [0.05, 0.1) is 12.1 Å². The lowest BCUT2D eigenvalue weighted by atomic mass is 10.2. The monoisotopic (exact) mass is 304 g/mol. The molecule has 0 bridgehead atoms. The number of carboxylic acids is 1. The SMILES string of the molecule is CN(Cc1ccc(OCC(=O)O)cc1)C(=O)Cc1ccon1. The number of carbonyl (C=O) groups is 2. The Morgan fingerprint density at radius 1 is 1.27 bits per heavy atom. The van der Waals surface area contributed by atoms with E-state index in [2.05, 4.69) is 9.68 Å². The Balaban J connectivity index is 1.86. The third-order valence-electron chi connectivity index (χ3n) is 2.95. The highest BCUT2D eigenvalue weighted by Crippen LogP contribution is 2.13. The molecule has 0 unspecified atom stereocenters. The number of amides is 1. The van der Waals surface area contributed by atoms with Crippen LogP contribution in [0.4, 0.5) is 0 Å². The minimum atomic E-state index is -1.03. The maximum Gasteiger partial charge on any atom is 0.341 e. The molecule has 1 N–H and O–H groups in total. The highest BCUT2D eigenvalue weighted by atomic mass is 16.5. The number of hydrogen-bond donors (Lipinski definition) is 1. The molecule has 22 heavy (non-hydrogen) atoms. The van der Waals surface area contributed by atoms with Gasteiger partial charge in [-0.05, 0) is 17.7 Å². The predicted octanol–water partition coefficient (Wildman–Crippen LogP) is 1.34. The number of carboxylic acid groups (broad SMARTS) is 1. The van der Waals surface area contributed by atoms with Crippen molar-refractivity contribution in [1.82, 2.24) is 10.1 Å². The Kier molecular flexibility index (Phi) is 5.13. The van der Waals surface area contributed by atoms with Crippen LogP contribution < -0.4 is 4.74 Å². The number of rotatable bonds is 7. The molecule has 1 aromatic heterocycles. The first-order chi connectivity index (χ1) is 10.5. The molecule has 7 nitrogen and oxygen atoms in total. The van der Waals surface area contributed by atoms with Gasteiger partial charge in [-0.2, -0.15) is 0 Å². The topological polar surface area (TPSA) is 92.9 Å². The minimum Gasteiger partial charge on any atom is -0.482 e. The Morgan fingerprint density at radius 3 is 2.59 bits per heavy atom. The highest BCUT2D eigenvalue weighted by molar-refractivity contribution is 5.78. The first kappa shape index (κ1) is 15.6. The van der Waals surface area contributed by atoms with Crippen LogP contribution in [0.3, 0.4) is 0 Å². The van der Waals surface area contributed by atoms with Crippen molar-refractivity contribution in [3.63, 3.8) is 0 Å². The summed E-state index contributed by atoms with van der Waals surface area (Å²) in [6.45, 7) is 0.0608. The van der Waals surface area contributed by atoms with E-state index in [1.807, 2.05) is 0 Å². The molecule has 7 heteroatoms. The van der Waals surface area contributed by atoms with Crippen LogP contribution in [0.25, 0.3) is 0 Å². The van der Waals surface area contributed by atoms with Gasteiger partial charge in [0.2, 0.25) is 5.91 Å². The van der Waals surface area contributed by atoms with Crippen molar-refractivity contribution in [3.8, 4) is 5.75 Å². The molecule has 0 saturated carbocycles. The summed E-state index contributed by atoms with van der Waals surface area (Å²) in [5.74, 6) is -0.620. The number of aromatic nitrogens is 1. The smallest absolute Gasteiger partial charge is 0.341 e. The first-order valence-electron chi connectivity index (χ1n) is 6.61. The summed E-state index contributed by atoms with van der Waals surface area (Å²) in [6.07, 6.45) is 1.62. The van der Waals surface area contributed by atoms with E-state index in [9.17, 15) is 9.59 Å². The van der Waals surface area contributed by atoms with Gasteiger partial charge in [-0.3, -0.25) is 4.79 Å². The Morgan fingerprint density at radius 2 is 2.00 bits per heavy atom. The summed E-state index contributed by atoms with van der Waals surface area (Å²) < 4.78 is 9.74. The molecule has 0 saturated heterocycles. The Bertz CT molecular complexity index is 622. The van der Waals surface area contributed by atoms with Gasteiger partial charge in [0.1, 0.15) is 12.0 Å². The normalized spacial score (nSPS) is 10.2. The summed E-state index contributed by atoms with van der Waals surface area (Å²) in [5.41, 5.74) is 1.51. The molecule has 2 aromatic rings. The summed E-state index contributed by atoms with van der Waals surface area (Å²) >= 11 is 0. The molecular formula is C15H16N2O5. The number of nitrogens with zero attached hydrogens (tertiary/aromatic N) is 2. The first-order valence-corrected chi connectivity index (χ1v) is 6.61. The molecule has 0 aliphatic carbocycles.